The molecule has 11 heteroatoms. The number of cyclic esters (lactones) is 1. The molecule has 31 heavy (non-hydrogen) atoms. The molecule has 0 atom stereocenters. The lowest BCUT2D eigenvalue weighted by molar-refractivity contribution is 0.169. The van der Waals surface area contributed by atoms with Crippen LogP contribution < -0.4 is 9.62 Å². The maximum absolute atomic E-state index is 12.3. The average molecular weight is 445 g/mol. The molecule has 0 unspecified atom stereocenters. The van der Waals surface area contributed by atoms with Crippen LogP contribution >= 0.6 is 0 Å². The second kappa shape index (κ2) is 8.16. The fraction of sp³-hybridized carbons (Fsp3) is 0.350. The summed E-state index contributed by atoms with van der Waals surface area (Å²) in [6.45, 7) is 2.20. The smallest absolute Gasteiger partial charge is 0.424 e. The van der Waals surface area contributed by atoms with Crippen LogP contribution in [0.15, 0.2) is 36.8 Å². The van der Waals surface area contributed by atoms with E-state index in [-0.39, 0.29) is 19.7 Å². The normalized spacial score (nSPS) is 14.3. The maximum Gasteiger partial charge on any atom is 0.424 e. The number of amides is 1. The van der Waals surface area contributed by atoms with Gasteiger partial charge in [-0.2, -0.15) is 17.4 Å². The van der Waals surface area contributed by atoms with Crippen molar-refractivity contribution in [1.29, 1.82) is 0 Å². The average Bonchev–Trinajstić information content (AvgIpc) is 3.37. The molecule has 3 heterocycles. The fourth-order valence-corrected chi connectivity index (χ4v) is 4.60. The number of anilines is 2. The standard InChI is InChI=1S/C20H24N6O4S/c1-4-15-9-14(11-23-31(28,29)26-7-8-30-20(26)27)5-6-17(15)25(3)19-10-18-16(12-21-19)22-13-24(18)2/h5-6,9-10,12-13,23H,4,7-8,11H2,1-3H3. The number of hydrogen-bond donors (Lipinski definition) is 1. The third-order valence-electron chi connectivity index (χ3n) is 5.30. The summed E-state index contributed by atoms with van der Waals surface area (Å²) in [4.78, 5) is 22.4. The van der Waals surface area contributed by atoms with Crippen LogP contribution in [0.5, 0.6) is 0 Å². The third-order valence-corrected chi connectivity index (χ3v) is 6.72. The minimum Gasteiger partial charge on any atom is -0.447 e. The van der Waals surface area contributed by atoms with Gasteiger partial charge in [0.15, 0.2) is 0 Å². The molecule has 1 amide bonds. The maximum atomic E-state index is 12.3. The highest BCUT2D eigenvalue weighted by atomic mass is 32.2. The molecule has 1 fully saturated rings. The van der Waals surface area contributed by atoms with E-state index in [9.17, 15) is 13.2 Å². The van der Waals surface area contributed by atoms with Crippen molar-refractivity contribution < 1.29 is 17.9 Å². The first kappa shape index (κ1) is 21.1. The lowest BCUT2D eigenvalue weighted by Gasteiger charge is -2.22. The Balaban J connectivity index is 1.54. The zero-order valence-electron chi connectivity index (χ0n) is 17.6. The van der Waals surface area contributed by atoms with Crippen LogP contribution in [0.2, 0.25) is 0 Å². The molecule has 10 nitrogen and oxygen atoms in total. The van der Waals surface area contributed by atoms with E-state index in [4.69, 9.17) is 4.74 Å². The Morgan fingerprint density at radius 3 is 2.77 bits per heavy atom. The van der Waals surface area contributed by atoms with Crippen molar-refractivity contribution in [2.45, 2.75) is 19.9 Å². The molecule has 1 N–H and O–H groups in total. The van der Waals surface area contributed by atoms with Gasteiger partial charge in [-0.1, -0.05) is 19.1 Å². The number of imidazole rings is 1. The Morgan fingerprint density at radius 1 is 1.26 bits per heavy atom. The number of carbonyl (C=O) groups excluding carboxylic acids is 1. The van der Waals surface area contributed by atoms with Gasteiger partial charge in [0.2, 0.25) is 0 Å². The van der Waals surface area contributed by atoms with Crippen molar-refractivity contribution in [2.24, 2.45) is 7.05 Å². The number of nitrogens with one attached hydrogen (secondary N) is 1. The van der Waals surface area contributed by atoms with Gasteiger partial charge >= 0.3 is 16.3 Å². The lowest BCUT2D eigenvalue weighted by Crippen LogP contribution is -2.40. The summed E-state index contributed by atoms with van der Waals surface area (Å²) in [5, 5.41) is 0. The number of hydrogen-bond acceptors (Lipinski definition) is 7. The van der Waals surface area contributed by atoms with Gasteiger partial charge in [0.25, 0.3) is 0 Å². The molecular weight excluding hydrogens is 420 g/mol. The Bertz CT molecular complexity index is 1240. The SMILES string of the molecule is CCc1cc(CNS(=O)(=O)N2CCOC2=O)ccc1N(C)c1cc2c(cn1)ncn2C. The molecule has 0 bridgehead atoms. The number of carbonyl (C=O) groups is 1. The van der Waals surface area contributed by atoms with Crippen LogP contribution in [0, 0.1) is 0 Å². The Labute approximate surface area is 180 Å². The summed E-state index contributed by atoms with van der Waals surface area (Å²) in [5.74, 6) is 0.784. The molecule has 0 spiro atoms. The number of fused-ring (bicyclic) bond motifs is 1. The van der Waals surface area contributed by atoms with Gasteiger partial charge < -0.3 is 14.2 Å². The molecule has 0 saturated carbocycles. The second-order valence-electron chi connectivity index (χ2n) is 7.27. The molecule has 0 radical (unpaired) electrons. The van der Waals surface area contributed by atoms with Crippen molar-refractivity contribution in [1.82, 2.24) is 23.6 Å². The van der Waals surface area contributed by atoms with Gasteiger partial charge in [0.05, 0.1) is 24.6 Å². The fourth-order valence-electron chi connectivity index (χ4n) is 3.54. The molecule has 2 aromatic heterocycles. The molecule has 1 aromatic carbocycles. The molecule has 4 rings (SSSR count). The van der Waals surface area contributed by atoms with Crippen LogP contribution in [0.25, 0.3) is 11.0 Å². The molecular formula is C20H24N6O4S. The van der Waals surface area contributed by atoms with Crippen molar-refractivity contribution in [3.63, 3.8) is 0 Å². The molecule has 1 saturated heterocycles. The third kappa shape index (κ3) is 4.06. The van der Waals surface area contributed by atoms with Gasteiger partial charge in [-0.15, -0.1) is 0 Å². The Kier molecular flexibility index (Phi) is 5.54. The summed E-state index contributed by atoms with van der Waals surface area (Å²) >= 11 is 0. The minimum atomic E-state index is -3.94. The van der Waals surface area contributed by atoms with Gasteiger partial charge in [-0.25, -0.2) is 14.8 Å². The lowest BCUT2D eigenvalue weighted by atomic mass is 10.1. The number of benzene rings is 1. The van der Waals surface area contributed by atoms with E-state index in [2.05, 4.69) is 14.7 Å². The highest BCUT2D eigenvalue weighted by Crippen LogP contribution is 2.29. The number of aromatic nitrogens is 3. The van der Waals surface area contributed by atoms with E-state index in [1.165, 1.54) is 0 Å². The topological polar surface area (TPSA) is 110 Å². The van der Waals surface area contributed by atoms with E-state index in [1.54, 1.807) is 12.5 Å². The molecule has 1 aliphatic rings. The zero-order valence-corrected chi connectivity index (χ0v) is 18.4. The van der Waals surface area contributed by atoms with Crippen molar-refractivity contribution in [3.05, 3.63) is 47.9 Å². The first-order valence-corrected chi connectivity index (χ1v) is 11.3. The predicted octanol–water partition coefficient (Wildman–Crippen LogP) is 2.09. The van der Waals surface area contributed by atoms with Crippen LogP contribution in [0.1, 0.15) is 18.1 Å². The number of nitrogens with zero attached hydrogens (tertiary/aromatic N) is 5. The van der Waals surface area contributed by atoms with E-state index >= 15 is 0 Å². The van der Waals surface area contributed by atoms with Crippen molar-refractivity contribution in [3.8, 4) is 0 Å². The number of rotatable bonds is 7. The van der Waals surface area contributed by atoms with Gasteiger partial charge in [0.1, 0.15) is 17.9 Å². The van der Waals surface area contributed by atoms with E-state index in [1.807, 2.05) is 54.8 Å². The summed E-state index contributed by atoms with van der Waals surface area (Å²) < 4.78 is 34.5. The van der Waals surface area contributed by atoms with Crippen LogP contribution in [0.4, 0.5) is 16.3 Å². The quantitative estimate of drug-likeness (QED) is 0.594. The largest absolute Gasteiger partial charge is 0.447 e. The molecule has 1 aliphatic heterocycles. The van der Waals surface area contributed by atoms with Gasteiger partial charge in [-0.05, 0) is 23.6 Å². The molecule has 0 aliphatic carbocycles. The number of ether oxygens (including phenoxy) is 1. The van der Waals surface area contributed by atoms with Crippen molar-refractivity contribution >= 4 is 38.8 Å². The summed E-state index contributed by atoms with van der Waals surface area (Å²) in [6.07, 6.45) is 3.41. The second-order valence-corrected chi connectivity index (χ2v) is 8.95. The zero-order chi connectivity index (χ0) is 22.2. The van der Waals surface area contributed by atoms with Crippen LogP contribution in [-0.2, 0) is 35.0 Å². The van der Waals surface area contributed by atoms with Crippen molar-refractivity contribution in [2.75, 3.05) is 25.1 Å². The monoisotopic (exact) mass is 444 g/mol. The first-order valence-electron chi connectivity index (χ1n) is 9.87. The summed E-state index contributed by atoms with van der Waals surface area (Å²) in [5.41, 5.74) is 4.64. The van der Waals surface area contributed by atoms with E-state index < -0.39 is 16.3 Å². The van der Waals surface area contributed by atoms with Crippen LogP contribution in [0.3, 0.4) is 0 Å². The molecule has 164 valence electrons. The Hall–Kier alpha value is -3.18. The highest BCUT2D eigenvalue weighted by Gasteiger charge is 2.33. The van der Waals surface area contributed by atoms with E-state index in [0.29, 0.717) is 4.31 Å². The van der Waals surface area contributed by atoms with E-state index in [0.717, 1.165) is 40.1 Å². The first-order chi connectivity index (χ1) is 14.8. The molecule has 3 aromatic rings. The number of aryl methyl sites for hydroxylation is 2. The predicted molar refractivity (Wildman–Crippen MR) is 116 cm³/mol. The van der Waals surface area contributed by atoms with Crippen LogP contribution in [-0.4, -0.2) is 53.6 Å². The highest BCUT2D eigenvalue weighted by molar-refractivity contribution is 7.87. The Morgan fingerprint density at radius 2 is 2.06 bits per heavy atom. The number of pyridine rings is 1. The summed E-state index contributed by atoms with van der Waals surface area (Å²) in [7, 11) is -0.0520. The van der Waals surface area contributed by atoms with Gasteiger partial charge in [-0.3, -0.25) is 0 Å². The summed E-state index contributed by atoms with van der Waals surface area (Å²) in [6, 6.07) is 7.75. The minimum absolute atomic E-state index is 0.0200. The van der Waals surface area contributed by atoms with Gasteiger partial charge in [0, 0.05) is 32.4 Å².